The van der Waals surface area contributed by atoms with Crippen molar-refractivity contribution in [1.29, 1.82) is 0 Å². The topological polar surface area (TPSA) is 9.72 Å². The van der Waals surface area contributed by atoms with Gasteiger partial charge in [0.05, 0.1) is 16.9 Å². The number of hydrogen-bond acceptors (Lipinski definition) is 4. The third-order valence-electron chi connectivity index (χ3n) is 20.6. The van der Waals surface area contributed by atoms with E-state index in [1.807, 2.05) is 0 Å². The van der Waals surface area contributed by atoms with Gasteiger partial charge in [-0.25, -0.2) is 0 Å². The number of thiophene rings is 1. The molecule has 3 nitrogen and oxygen atoms in total. The summed E-state index contributed by atoms with van der Waals surface area (Å²) in [6, 6.07) is 51.2. The van der Waals surface area contributed by atoms with E-state index in [1.165, 1.54) is 148 Å². The van der Waals surface area contributed by atoms with Gasteiger partial charge in [-0.15, -0.1) is 11.3 Å². The van der Waals surface area contributed by atoms with Gasteiger partial charge < -0.3 is 14.7 Å². The molecule has 3 aliphatic heterocycles. The van der Waals surface area contributed by atoms with Crippen molar-refractivity contribution >= 4 is 89.3 Å². The second-order valence-corrected chi connectivity index (χ2v) is 30.8. The van der Waals surface area contributed by atoms with Crippen molar-refractivity contribution in [3.63, 3.8) is 0 Å². The van der Waals surface area contributed by atoms with Gasteiger partial charge in [0.2, 0.25) is 0 Å². The van der Waals surface area contributed by atoms with Crippen molar-refractivity contribution in [1.82, 2.24) is 0 Å². The maximum atomic E-state index is 2.94. The Hall–Kier alpha value is -6.04. The van der Waals surface area contributed by atoms with Gasteiger partial charge in [0.25, 0.3) is 6.71 Å². The van der Waals surface area contributed by atoms with E-state index in [1.54, 1.807) is 5.56 Å². The van der Waals surface area contributed by atoms with Gasteiger partial charge in [-0.3, -0.25) is 0 Å². The monoisotopic (exact) mass is 1060 g/mol. The Labute approximate surface area is 478 Å². The third-order valence-corrected chi connectivity index (χ3v) is 21.8. The molecule has 8 aromatic rings. The number of nitrogens with zero attached hydrogens (tertiary/aromatic N) is 3. The number of aryl methyl sites for hydroxylation is 2. The van der Waals surface area contributed by atoms with Crippen molar-refractivity contribution in [2.24, 2.45) is 0 Å². The molecule has 0 amide bonds. The summed E-state index contributed by atoms with van der Waals surface area (Å²) < 4.78 is 2.88. The first-order valence-electron chi connectivity index (χ1n) is 29.9. The Balaban J connectivity index is 1.17. The molecule has 0 radical (unpaired) electrons. The van der Waals surface area contributed by atoms with E-state index in [0.29, 0.717) is 0 Å². The minimum atomic E-state index is -0.142. The zero-order valence-electron chi connectivity index (χ0n) is 50.7. The maximum Gasteiger partial charge on any atom is 0.264 e. The van der Waals surface area contributed by atoms with Crippen LogP contribution in [-0.2, 0) is 32.5 Å². The summed E-state index contributed by atoms with van der Waals surface area (Å²) in [7, 11) is 0. The van der Waals surface area contributed by atoms with E-state index in [0.717, 1.165) is 12.1 Å². The first kappa shape index (κ1) is 52.3. The van der Waals surface area contributed by atoms with Crippen LogP contribution in [0.25, 0.3) is 21.2 Å². The van der Waals surface area contributed by atoms with Crippen LogP contribution < -0.4 is 30.4 Å². The SMILES string of the molecule is Cc1ccccc1-c1ccc(N(c2ccc(C(C)(C)C)cc2)c2cc3c4c(c2)N2c5c(cc(C(C)(C)C)cc5C5(C)CCCCC25C)B4c2sc4cc5c(cc4c2N3c2ccc(C(C)(C)C)cc2)C(C)(C)CCC5(C)C)cc1C. The van der Waals surface area contributed by atoms with E-state index >= 15 is 0 Å². The van der Waals surface area contributed by atoms with Crippen LogP contribution in [0.2, 0.25) is 0 Å². The lowest BCUT2D eigenvalue weighted by molar-refractivity contribution is 0.195. The second-order valence-electron chi connectivity index (χ2n) is 29.7. The van der Waals surface area contributed by atoms with Crippen LogP contribution in [0.1, 0.15) is 187 Å². The average Bonchev–Trinajstić information content (AvgIpc) is 2.02. The highest BCUT2D eigenvalue weighted by molar-refractivity contribution is 7.33. The number of rotatable bonds is 5. The summed E-state index contributed by atoms with van der Waals surface area (Å²) in [6.07, 6.45) is 7.18. The van der Waals surface area contributed by atoms with Gasteiger partial charge in [-0.1, -0.05) is 177 Å². The molecule has 2 unspecified atom stereocenters. The lowest BCUT2D eigenvalue weighted by Crippen LogP contribution is -2.64. The normalized spacial score (nSPS) is 20.6. The summed E-state index contributed by atoms with van der Waals surface area (Å²) in [5, 5.41) is 1.39. The molecule has 5 heteroatoms. The molecule has 1 aromatic heterocycles. The number of benzene rings is 7. The van der Waals surface area contributed by atoms with Crippen LogP contribution >= 0.6 is 11.3 Å². The van der Waals surface area contributed by atoms with E-state index in [4.69, 9.17) is 0 Å². The molecule has 2 aliphatic carbocycles. The minimum absolute atomic E-state index is 0.0161. The average molecular weight is 1060 g/mol. The van der Waals surface area contributed by atoms with E-state index in [2.05, 4.69) is 271 Å². The van der Waals surface area contributed by atoms with Crippen LogP contribution in [0.3, 0.4) is 0 Å². The molecule has 5 aliphatic rings. The molecule has 0 N–H and O–H groups in total. The zero-order valence-corrected chi connectivity index (χ0v) is 51.5. The van der Waals surface area contributed by atoms with Crippen molar-refractivity contribution in [3.8, 4) is 11.1 Å². The molecule has 0 saturated heterocycles. The van der Waals surface area contributed by atoms with Crippen LogP contribution in [0.15, 0.2) is 127 Å². The molecule has 1 saturated carbocycles. The van der Waals surface area contributed by atoms with Crippen LogP contribution in [-0.4, -0.2) is 12.3 Å². The second kappa shape index (κ2) is 17.2. The fourth-order valence-electron chi connectivity index (χ4n) is 15.3. The molecule has 79 heavy (non-hydrogen) atoms. The minimum Gasteiger partial charge on any atom is -0.335 e. The molecule has 7 aromatic carbocycles. The highest BCUT2D eigenvalue weighted by Crippen LogP contribution is 2.63. The Kier molecular flexibility index (Phi) is 11.4. The van der Waals surface area contributed by atoms with Gasteiger partial charge in [-0.05, 0) is 201 Å². The predicted molar refractivity (Wildman–Crippen MR) is 345 cm³/mol. The highest BCUT2D eigenvalue weighted by Gasteiger charge is 2.62. The lowest BCUT2D eigenvalue weighted by atomic mass is 9.36. The van der Waals surface area contributed by atoms with Gasteiger partial charge in [0, 0.05) is 54.4 Å². The van der Waals surface area contributed by atoms with Gasteiger partial charge in [0.15, 0.2) is 0 Å². The third kappa shape index (κ3) is 7.77. The van der Waals surface area contributed by atoms with Gasteiger partial charge >= 0.3 is 0 Å². The van der Waals surface area contributed by atoms with Crippen LogP contribution in [0.5, 0.6) is 0 Å². The van der Waals surface area contributed by atoms with E-state index < -0.39 is 0 Å². The number of anilines is 8. The van der Waals surface area contributed by atoms with Crippen LogP contribution in [0.4, 0.5) is 45.5 Å². The quantitative estimate of drug-likeness (QED) is 0.159. The van der Waals surface area contributed by atoms with E-state index in [9.17, 15) is 0 Å². The zero-order chi connectivity index (χ0) is 55.9. The summed E-state index contributed by atoms with van der Waals surface area (Å²) in [5.41, 5.74) is 27.0. The van der Waals surface area contributed by atoms with Gasteiger partial charge in [0.1, 0.15) is 0 Å². The standard InChI is InChI=1S/C74H84BN3S/c1-45-22-18-19-23-54(45)55-33-32-52(38-46(55)2)76(50-28-24-47(25-29-50)68(3,4)5)53-41-61-64-62(42-53)78-66-59(73(16)34-20-21-35-74(73,78)17)39-49(70(9,10)11)40-60(66)75(64)67-65(77(61)51-30-26-48(27-31-51)69(6,7)8)56-43-57-58(44-63(56)79-67)72(14,15)37-36-71(57,12)13/h18-19,22-33,38-44H,20-21,34-37H2,1-17H3. The maximum absolute atomic E-state index is 2.94. The molecular weight excluding hydrogens is 974 g/mol. The van der Waals surface area contributed by atoms with Crippen molar-refractivity contribution in [2.75, 3.05) is 14.7 Å². The summed E-state index contributed by atoms with van der Waals surface area (Å²) in [6.45, 7) is 41.2. The van der Waals surface area contributed by atoms with Crippen LogP contribution in [0, 0.1) is 13.8 Å². The van der Waals surface area contributed by atoms with Crippen molar-refractivity contribution in [2.45, 2.75) is 194 Å². The molecule has 1 fully saturated rings. The van der Waals surface area contributed by atoms with Gasteiger partial charge in [-0.2, -0.15) is 0 Å². The summed E-state index contributed by atoms with van der Waals surface area (Å²) in [4.78, 5) is 8.28. The summed E-state index contributed by atoms with van der Waals surface area (Å²) >= 11 is 2.09. The lowest BCUT2D eigenvalue weighted by Gasteiger charge is -2.52. The predicted octanol–water partition coefficient (Wildman–Crippen LogP) is 19.3. The van der Waals surface area contributed by atoms with Crippen molar-refractivity contribution < 1.29 is 0 Å². The molecule has 2 atom stereocenters. The molecular formula is C74H84BN3S. The fourth-order valence-corrected chi connectivity index (χ4v) is 16.7. The first-order valence-corrected chi connectivity index (χ1v) is 30.7. The van der Waals surface area contributed by atoms with Crippen molar-refractivity contribution in [3.05, 3.63) is 172 Å². The Morgan fingerprint density at radius 2 is 1.09 bits per heavy atom. The highest BCUT2D eigenvalue weighted by atomic mass is 32.1. The number of fused-ring (bicyclic) bond motifs is 10. The number of hydrogen-bond donors (Lipinski definition) is 0. The Morgan fingerprint density at radius 3 is 1.72 bits per heavy atom. The largest absolute Gasteiger partial charge is 0.335 e. The smallest absolute Gasteiger partial charge is 0.264 e. The Bertz CT molecular complexity index is 3810. The fraction of sp³-hybridized carbons (Fsp3) is 0.405. The summed E-state index contributed by atoms with van der Waals surface area (Å²) in [5.74, 6) is 0. The molecule has 13 rings (SSSR count). The first-order chi connectivity index (χ1) is 37.1. The Morgan fingerprint density at radius 1 is 0.506 bits per heavy atom. The molecule has 404 valence electrons. The van der Waals surface area contributed by atoms with E-state index in [-0.39, 0.29) is 44.7 Å². The molecule has 0 spiro atoms. The molecule has 0 bridgehead atoms. The molecule has 4 heterocycles.